The van der Waals surface area contributed by atoms with Gasteiger partial charge in [-0.1, -0.05) is 91.7 Å². The van der Waals surface area contributed by atoms with Crippen LogP contribution < -0.4 is 5.32 Å². The molecule has 1 aliphatic rings. The van der Waals surface area contributed by atoms with Crippen LogP contribution in [0.4, 0.5) is 0 Å². The Morgan fingerprint density at radius 2 is 1.40 bits per heavy atom. The van der Waals surface area contributed by atoms with Crippen LogP contribution in [0.2, 0.25) is 0 Å². The number of hydrogen-bond acceptors (Lipinski definition) is 2. The lowest BCUT2D eigenvalue weighted by atomic mass is 9.99. The molecule has 4 heteroatoms. The highest BCUT2D eigenvalue weighted by Gasteiger charge is 2.32. The van der Waals surface area contributed by atoms with Crippen LogP contribution >= 0.6 is 0 Å². The molecule has 0 aromatic heterocycles. The lowest BCUT2D eigenvalue weighted by molar-refractivity contribution is -0.141. The number of hydrogen-bond donors (Lipinski definition) is 1. The van der Waals surface area contributed by atoms with Gasteiger partial charge in [-0.3, -0.25) is 9.59 Å². The van der Waals surface area contributed by atoms with Gasteiger partial charge in [-0.2, -0.15) is 0 Å². The highest BCUT2D eigenvalue weighted by Crippen LogP contribution is 2.22. The van der Waals surface area contributed by atoms with E-state index < -0.39 is 6.04 Å². The van der Waals surface area contributed by atoms with Crippen molar-refractivity contribution in [3.63, 3.8) is 0 Å². The molecule has 1 aliphatic carbocycles. The second kappa shape index (κ2) is 11.8. The van der Waals surface area contributed by atoms with Gasteiger partial charge in [-0.15, -0.1) is 0 Å². The minimum absolute atomic E-state index is 0.0231. The molecule has 0 saturated heterocycles. The van der Waals surface area contributed by atoms with Gasteiger partial charge in [0, 0.05) is 19.0 Å². The Morgan fingerprint density at radius 3 is 2.03 bits per heavy atom. The van der Waals surface area contributed by atoms with E-state index in [1.165, 1.54) is 0 Å². The minimum atomic E-state index is -0.575. The summed E-state index contributed by atoms with van der Waals surface area (Å²) in [7, 11) is 0. The molecule has 0 heterocycles. The molecule has 4 rings (SSSR count). The van der Waals surface area contributed by atoms with Crippen molar-refractivity contribution in [2.45, 2.75) is 71.0 Å². The summed E-state index contributed by atoms with van der Waals surface area (Å²) in [4.78, 5) is 29.5. The first-order valence-electron chi connectivity index (χ1n) is 12.7. The normalized spacial score (nSPS) is 14.5. The van der Waals surface area contributed by atoms with Gasteiger partial charge in [0.05, 0.1) is 6.42 Å². The van der Waals surface area contributed by atoms with Crippen LogP contribution in [0, 0.1) is 13.8 Å². The monoisotopic (exact) mass is 468 g/mol. The lowest BCUT2D eigenvalue weighted by Crippen LogP contribution is -2.52. The van der Waals surface area contributed by atoms with Crippen molar-refractivity contribution in [2.24, 2.45) is 0 Å². The number of amides is 2. The maximum Gasteiger partial charge on any atom is 0.243 e. The zero-order valence-electron chi connectivity index (χ0n) is 20.9. The van der Waals surface area contributed by atoms with Crippen LogP contribution in [0.5, 0.6) is 0 Å². The van der Waals surface area contributed by atoms with E-state index in [4.69, 9.17) is 0 Å². The van der Waals surface area contributed by atoms with E-state index in [1.54, 1.807) is 0 Å². The summed E-state index contributed by atoms with van der Waals surface area (Å²) in [5.41, 5.74) is 5.33. The first-order valence-corrected chi connectivity index (χ1v) is 12.7. The smallest absolute Gasteiger partial charge is 0.243 e. The van der Waals surface area contributed by atoms with E-state index in [-0.39, 0.29) is 24.3 Å². The molecule has 2 amide bonds. The SMILES string of the molecule is Cc1ccccc1CC(=O)N(Cc1ccccc1C)C(Cc1ccccc1)C(=O)NC1CCCC1. The molecule has 1 fully saturated rings. The Kier molecular flexibility index (Phi) is 8.36. The van der Waals surface area contributed by atoms with Gasteiger partial charge >= 0.3 is 0 Å². The number of aryl methyl sites for hydroxylation is 2. The van der Waals surface area contributed by atoms with Crippen molar-refractivity contribution >= 4 is 11.8 Å². The Hall–Kier alpha value is -3.40. The zero-order valence-corrected chi connectivity index (χ0v) is 20.9. The van der Waals surface area contributed by atoms with Gasteiger partial charge < -0.3 is 10.2 Å². The average Bonchev–Trinajstić information content (AvgIpc) is 3.37. The summed E-state index contributed by atoms with van der Waals surface area (Å²) >= 11 is 0. The number of carbonyl (C=O) groups excluding carboxylic acids is 2. The van der Waals surface area contributed by atoms with E-state index in [0.29, 0.717) is 13.0 Å². The number of nitrogens with one attached hydrogen (secondary N) is 1. The average molecular weight is 469 g/mol. The van der Waals surface area contributed by atoms with Crippen molar-refractivity contribution < 1.29 is 9.59 Å². The lowest BCUT2D eigenvalue weighted by Gasteiger charge is -2.33. The van der Waals surface area contributed by atoms with Gasteiger partial charge in [0.15, 0.2) is 0 Å². The van der Waals surface area contributed by atoms with Crippen molar-refractivity contribution in [3.8, 4) is 0 Å². The number of carbonyl (C=O) groups is 2. The number of nitrogens with zero attached hydrogens (tertiary/aromatic N) is 1. The minimum Gasteiger partial charge on any atom is -0.352 e. The van der Waals surface area contributed by atoms with Crippen LogP contribution in [0.15, 0.2) is 78.9 Å². The third kappa shape index (κ3) is 6.60. The molecule has 0 radical (unpaired) electrons. The predicted octanol–water partition coefficient (Wildman–Crippen LogP) is 5.54. The second-order valence-corrected chi connectivity index (χ2v) is 9.75. The molecule has 35 heavy (non-hydrogen) atoms. The highest BCUT2D eigenvalue weighted by molar-refractivity contribution is 5.89. The van der Waals surface area contributed by atoms with Gasteiger partial charge in [0.2, 0.25) is 11.8 Å². The van der Waals surface area contributed by atoms with Gasteiger partial charge in [-0.05, 0) is 54.5 Å². The Bertz CT molecular complexity index is 1140. The topological polar surface area (TPSA) is 49.4 Å². The van der Waals surface area contributed by atoms with Crippen molar-refractivity contribution in [2.75, 3.05) is 0 Å². The van der Waals surface area contributed by atoms with Gasteiger partial charge in [-0.25, -0.2) is 0 Å². The van der Waals surface area contributed by atoms with Crippen molar-refractivity contribution in [3.05, 3.63) is 107 Å². The number of benzene rings is 3. The quantitative estimate of drug-likeness (QED) is 0.448. The third-order valence-electron chi connectivity index (χ3n) is 7.18. The Morgan fingerprint density at radius 1 is 0.829 bits per heavy atom. The Balaban J connectivity index is 1.68. The second-order valence-electron chi connectivity index (χ2n) is 9.75. The summed E-state index contributed by atoms with van der Waals surface area (Å²) in [5.74, 6) is -0.0717. The molecule has 1 unspecified atom stereocenters. The molecule has 1 saturated carbocycles. The summed E-state index contributed by atoms with van der Waals surface area (Å²) in [6, 6.07) is 25.8. The van der Waals surface area contributed by atoms with E-state index >= 15 is 0 Å². The molecule has 0 spiro atoms. The van der Waals surface area contributed by atoms with E-state index in [0.717, 1.165) is 53.5 Å². The van der Waals surface area contributed by atoms with Crippen LogP contribution in [-0.2, 0) is 29.0 Å². The summed E-state index contributed by atoms with van der Waals surface area (Å²) in [5, 5.41) is 3.28. The molecule has 182 valence electrons. The zero-order chi connectivity index (χ0) is 24.6. The molecule has 1 atom stereocenters. The van der Waals surface area contributed by atoms with Crippen LogP contribution in [-0.4, -0.2) is 28.8 Å². The molecular weight excluding hydrogens is 432 g/mol. The predicted molar refractivity (Wildman–Crippen MR) is 141 cm³/mol. The standard InChI is InChI=1S/C31H36N2O2/c1-23-12-6-8-16-26(23)21-30(34)33(22-27-17-9-7-13-24(27)2)29(20-25-14-4-3-5-15-25)31(35)32-28-18-10-11-19-28/h3-9,12-17,28-29H,10-11,18-22H2,1-2H3,(H,32,35). The maximum atomic E-state index is 13.9. The van der Waals surface area contributed by atoms with Crippen molar-refractivity contribution in [1.82, 2.24) is 10.2 Å². The summed E-state index contributed by atoms with van der Waals surface area (Å²) in [6.07, 6.45) is 5.09. The van der Waals surface area contributed by atoms with Crippen LogP contribution in [0.3, 0.4) is 0 Å². The third-order valence-corrected chi connectivity index (χ3v) is 7.18. The fourth-order valence-electron chi connectivity index (χ4n) is 4.97. The summed E-state index contributed by atoms with van der Waals surface area (Å²) < 4.78 is 0. The molecular formula is C31H36N2O2. The molecule has 1 N–H and O–H groups in total. The molecule has 3 aromatic carbocycles. The largest absolute Gasteiger partial charge is 0.352 e. The van der Waals surface area contributed by atoms with Crippen molar-refractivity contribution in [1.29, 1.82) is 0 Å². The molecule has 3 aromatic rings. The fourth-order valence-corrected chi connectivity index (χ4v) is 4.97. The van der Waals surface area contributed by atoms with E-state index in [9.17, 15) is 9.59 Å². The van der Waals surface area contributed by atoms with Gasteiger partial charge in [0.25, 0.3) is 0 Å². The first-order chi connectivity index (χ1) is 17.0. The molecule has 0 bridgehead atoms. The van der Waals surface area contributed by atoms with Gasteiger partial charge in [0.1, 0.15) is 6.04 Å². The maximum absolute atomic E-state index is 13.9. The fraction of sp³-hybridized carbons (Fsp3) is 0.355. The molecule has 4 nitrogen and oxygen atoms in total. The van der Waals surface area contributed by atoms with Crippen LogP contribution in [0.25, 0.3) is 0 Å². The van der Waals surface area contributed by atoms with E-state index in [1.807, 2.05) is 78.6 Å². The Labute approximate surface area is 209 Å². The highest BCUT2D eigenvalue weighted by atomic mass is 16.2. The van der Waals surface area contributed by atoms with Crippen LogP contribution in [0.1, 0.15) is 53.5 Å². The molecule has 0 aliphatic heterocycles. The van der Waals surface area contributed by atoms with E-state index in [2.05, 4.69) is 24.4 Å². The first kappa shape index (κ1) is 24.7. The summed E-state index contributed by atoms with van der Waals surface area (Å²) in [6.45, 7) is 4.50. The number of rotatable bonds is 9.